The van der Waals surface area contributed by atoms with Gasteiger partial charge in [0.05, 0.1) is 12.7 Å². The topological polar surface area (TPSA) is 69.7 Å². The lowest BCUT2D eigenvalue weighted by Gasteiger charge is -2.21. The first-order valence-corrected chi connectivity index (χ1v) is 9.95. The van der Waals surface area contributed by atoms with E-state index in [0.717, 1.165) is 24.1 Å². The molecule has 1 N–H and O–H groups in total. The van der Waals surface area contributed by atoms with Gasteiger partial charge in [-0.2, -0.15) is 0 Å². The number of hydrogen-bond donors (Lipinski definition) is 1. The normalized spacial score (nSPS) is 11.9. The zero-order valence-electron chi connectivity index (χ0n) is 15.1. The number of carbonyl (C=O) groups is 1. The zero-order chi connectivity index (χ0) is 18.2. The van der Waals surface area contributed by atoms with Crippen LogP contribution in [-0.2, 0) is 21.2 Å². The molecule has 0 atom stereocenters. The fraction of sp³-hybridized carbons (Fsp3) is 0.588. The number of nitrogens with zero attached hydrogens (tertiary/aromatic N) is 2. The summed E-state index contributed by atoms with van der Waals surface area (Å²) >= 11 is 0. The molecule has 0 unspecified atom stereocenters. The van der Waals surface area contributed by atoms with Crippen LogP contribution in [-0.4, -0.2) is 70.1 Å². The molecule has 0 fully saturated rings. The van der Waals surface area contributed by atoms with Crippen molar-refractivity contribution in [3.63, 3.8) is 0 Å². The molecule has 1 rings (SSSR count). The summed E-state index contributed by atoms with van der Waals surface area (Å²) < 4.78 is 25.0. The largest absolute Gasteiger partial charge is 0.354 e. The van der Waals surface area contributed by atoms with Gasteiger partial charge in [-0.3, -0.25) is 4.79 Å². The van der Waals surface area contributed by atoms with Crippen molar-refractivity contribution < 1.29 is 13.2 Å². The highest BCUT2D eigenvalue weighted by molar-refractivity contribution is 7.88. The molecule has 136 valence electrons. The van der Waals surface area contributed by atoms with E-state index < -0.39 is 10.0 Å². The van der Waals surface area contributed by atoms with Crippen molar-refractivity contribution in [1.29, 1.82) is 0 Å². The summed E-state index contributed by atoms with van der Waals surface area (Å²) in [6.45, 7) is 3.89. The van der Waals surface area contributed by atoms with Gasteiger partial charge in [0, 0.05) is 19.6 Å². The Morgan fingerprint density at radius 1 is 1.17 bits per heavy atom. The van der Waals surface area contributed by atoms with Crippen LogP contribution < -0.4 is 5.32 Å². The highest BCUT2D eigenvalue weighted by atomic mass is 32.2. The van der Waals surface area contributed by atoms with Crippen molar-refractivity contribution in [2.75, 3.05) is 46.5 Å². The quantitative estimate of drug-likeness (QED) is 0.676. The maximum atomic E-state index is 12.0. The predicted octanol–water partition coefficient (Wildman–Crippen LogP) is 0.867. The van der Waals surface area contributed by atoms with E-state index in [2.05, 4.69) is 5.32 Å². The van der Waals surface area contributed by atoms with Crippen LogP contribution in [0.2, 0.25) is 0 Å². The van der Waals surface area contributed by atoms with Crippen LogP contribution in [0.15, 0.2) is 24.3 Å². The molecule has 1 aromatic rings. The molecule has 0 bridgehead atoms. The second-order valence-electron chi connectivity index (χ2n) is 6.33. The molecule has 0 heterocycles. The van der Waals surface area contributed by atoms with Gasteiger partial charge >= 0.3 is 0 Å². The van der Waals surface area contributed by atoms with Gasteiger partial charge in [0.1, 0.15) is 0 Å². The van der Waals surface area contributed by atoms with E-state index in [1.165, 1.54) is 10.6 Å². The standard InChI is InChI=1S/C17H29N3O3S/c1-15-7-5-8-16(13-15)14-17(21)18-9-12-20(24(4,22)23)11-6-10-19(2)3/h5,7-8,13H,6,9-12,14H2,1-4H3,(H,18,21). The monoisotopic (exact) mass is 355 g/mol. The summed E-state index contributed by atoms with van der Waals surface area (Å²) in [5, 5.41) is 2.80. The third-order valence-corrected chi connectivity index (χ3v) is 4.92. The molecule has 0 aliphatic rings. The molecule has 1 amide bonds. The van der Waals surface area contributed by atoms with E-state index in [1.807, 2.05) is 50.2 Å². The third kappa shape index (κ3) is 8.42. The average Bonchev–Trinajstić information content (AvgIpc) is 2.44. The number of benzene rings is 1. The highest BCUT2D eigenvalue weighted by Crippen LogP contribution is 2.04. The third-order valence-electron chi connectivity index (χ3n) is 3.61. The van der Waals surface area contributed by atoms with E-state index in [9.17, 15) is 13.2 Å². The van der Waals surface area contributed by atoms with Gasteiger partial charge < -0.3 is 10.2 Å². The number of rotatable bonds is 10. The van der Waals surface area contributed by atoms with Crippen LogP contribution in [0.4, 0.5) is 0 Å². The molecule has 0 aliphatic carbocycles. The minimum Gasteiger partial charge on any atom is -0.354 e. The van der Waals surface area contributed by atoms with Gasteiger partial charge in [-0.1, -0.05) is 29.8 Å². The molecule has 24 heavy (non-hydrogen) atoms. The number of sulfonamides is 1. The van der Waals surface area contributed by atoms with Crippen molar-refractivity contribution in [1.82, 2.24) is 14.5 Å². The first-order chi connectivity index (χ1) is 11.2. The number of aryl methyl sites for hydroxylation is 1. The molecular formula is C17H29N3O3S. The second kappa shape index (κ2) is 9.76. The zero-order valence-corrected chi connectivity index (χ0v) is 15.9. The van der Waals surface area contributed by atoms with Crippen LogP contribution in [0, 0.1) is 6.92 Å². The molecule has 6 nitrogen and oxygen atoms in total. The Morgan fingerprint density at radius 3 is 2.46 bits per heavy atom. The van der Waals surface area contributed by atoms with Gasteiger partial charge in [-0.05, 0) is 39.5 Å². The van der Waals surface area contributed by atoms with Crippen molar-refractivity contribution in [3.05, 3.63) is 35.4 Å². The summed E-state index contributed by atoms with van der Waals surface area (Å²) in [4.78, 5) is 14.0. The van der Waals surface area contributed by atoms with Gasteiger partial charge in [0.25, 0.3) is 0 Å². The molecular weight excluding hydrogens is 326 g/mol. The molecule has 0 saturated carbocycles. The number of carbonyl (C=O) groups excluding carboxylic acids is 1. The van der Waals surface area contributed by atoms with E-state index in [4.69, 9.17) is 0 Å². The molecule has 1 aromatic carbocycles. The first kappa shape index (κ1) is 20.6. The Balaban J connectivity index is 2.42. The second-order valence-corrected chi connectivity index (χ2v) is 8.32. The van der Waals surface area contributed by atoms with Crippen LogP contribution in [0.3, 0.4) is 0 Å². The minimum absolute atomic E-state index is 0.0951. The minimum atomic E-state index is -3.26. The van der Waals surface area contributed by atoms with Gasteiger partial charge in [-0.15, -0.1) is 0 Å². The number of nitrogens with one attached hydrogen (secondary N) is 1. The average molecular weight is 356 g/mol. The fourth-order valence-corrected chi connectivity index (χ4v) is 3.28. The van der Waals surface area contributed by atoms with Crippen molar-refractivity contribution in [2.45, 2.75) is 19.8 Å². The van der Waals surface area contributed by atoms with E-state index in [0.29, 0.717) is 26.1 Å². The Kier molecular flexibility index (Phi) is 8.38. The van der Waals surface area contributed by atoms with E-state index >= 15 is 0 Å². The lowest BCUT2D eigenvalue weighted by atomic mass is 10.1. The molecule has 0 aromatic heterocycles. The van der Waals surface area contributed by atoms with Crippen molar-refractivity contribution >= 4 is 15.9 Å². The molecule has 0 spiro atoms. The van der Waals surface area contributed by atoms with Crippen molar-refractivity contribution in [3.8, 4) is 0 Å². The molecule has 0 aliphatic heterocycles. The summed E-state index contributed by atoms with van der Waals surface area (Å²) in [5.41, 5.74) is 2.07. The summed E-state index contributed by atoms with van der Waals surface area (Å²) in [7, 11) is 0.648. The van der Waals surface area contributed by atoms with E-state index in [1.54, 1.807) is 0 Å². The lowest BCUT2D eigenvalue weighted by Crippen LogP contribution is -2.39. The maximum absolute atomic E-state index is 12.0. The predicted molar refractivity (Wildman–Crippen MR) is 97.5 cm³/mol. The van der Waals surface area contributed by atoms with E-state index in [-0.39, 0.29) is 5.91 Å². The number of amides is 1. The summed E-state index contributed by atoms with van der Waals surface area (Å²) in [6.07, 6.45) is 2.27. The Hall–Kier alpha value is -1.44. The summed E-state index contributed by atoms with van der Waals surface area (Å²) in [6, 6.07) is 7.80. The maximum Gasteiger partial charge on any atom is 0.224 e. The van der Waals surface area contributed by atoms with Crippen LogP contribution in [0.5, 0.6) is 0 Å². The van der Waals surface area contributed by atoms with Gasteiger partial charge in [0.2, 0.25) is 15.9 Å². The molecule has 7 heteroatoms. The Morgan fingerprint density at radius 2 is 1.88 bits per heavy atom. The van der Waals surface area contributed by atoms with Crippen molar-refractivity contribution in [2.24, 2.45) is 0 Å². The SMILES string of the molecule is Cc1cccc(CC(=O)NCCN(CCCN(C)C)S(C)(=O)=O)c1. The number of hydrogen-bond acceptors (Lipinski definition) is 4. The van der Waals surface area contributed by atoms with Crippen LogP contribution in [0.1, 0.15) is 17.5 Å². The van der Waals surface area contributed by atoms with Gasteiger partial charge in [0.15, 0.2) is 0 Å². The summed E-state index contributed by atoms with van der Waals surface area (Å²) in [5.74, 6) is -0.0951. The molecule has 0 radical (unpaired) electrons. The van der Waals surface area contributed by atoms with Crippen LogP contribution >= 0.6 is 0 Å². The van der Waals surface area contributed by atoms with Gasteiger partial charge in [-0.25, -0.2) is 12.7 Å². The van der Waals surface area contributed by atoms with Crippen LogP contribution in [0.25, 0.3) is 0 Å². The fourth-order valence-electron chi connectivity index (χ4n) is 2.40. The Bertz CT molecular complexity index is 630. The molecule has 0 saturated heterocycles. The lowest BCUT2D eigenvalue weighted by molar-refractivity contribution is -0.120. The smallest absolute Gasteiger partial charge is 0.224 e. The first-order valence-electron chi connectivity index (χ1n) is 8.10. The highest BCUT2D eigenvalue weighted by Gasteiger charge is 2.16. The Labute approximate surface area is 145 Å².